The molecule has 2 aliphatic rings. The van der Waals surface area contributed by atoms with Gasteiger partial charge in [0.15, 0.2) is 0 Å². The summed E-state index contributed by atoms with van der Waals surface area (Å²) in [6.07, 6.45) is 2.10. The Morgan fingerprint density at radius 1 is 1.00 bits per heavy atom. The number of fused-ring (bicyclic) bond motifs is 2. The fraction of sp³-hybridized carbons (Fsp3) is 0.417. The first kappa shape index (κ1) is 20.3. The van der Waals surface area contributed by atoms with E-state index in [-0.39, 0.29) is 11.9 Å². The normalized spacial score (nSPS) is 15.5. The molecule has 0 fully saturated rings. The Hall–Kier alpha value is -3.02. The number of hydrogen-bond acceptors (Lipinski definition) is 3. The summed E-state index contributed by atoms with van der Waals surface area (Å²) in [4.78, 5) is 28.7. The van der Waals surface area contributed by atoms with Gasteiger partial charge in [-0.3, -0.25) is 4.79 Å². The zero-order chi connectivity index (χ0) is 20.9. The van der Waals surface area contributed by atoms with Crippen molar-refractivity contribution in [3.63, 3.8) is 0 Å². The number of amides is 3. The van der Waals surface area contributed by atoms with Crippen LogP contribution in [0, 0.1) is 0 Å². The van der Waals surface area contributed by atoms with Crippen LogP contribution in [0.1, 0.15) is 35.6 Å². The third kappa shape index (κ3) is 4.58. The van der Waals surface area contributed by atoms with Crippen molar-refractivity contribution in [3.05, 3.63) is 64.7 Å². The lowest BCUT2D eigenvalue weighted by atomic mass is 9.99. The molecule has 4 rings (SSSR count). The standard InChI is InChI=1S/C24H29N3O3/c1-2-25-24(29)27-13-14-30-22-9-7-18(15-21(22)17-27)8-10-23(28)26-12-11-19-5-3-4-6-20(19)16-26/h3-7,9,15H,2,8,10-14,16-17H2,1H3,(H,25,29). The number of benzene rings is 2. The number of carbonyl (C=O) groups is 2. The smallest absolute Gasteiger partial charge is 0.317 e. The summed E-state index contributed by atoms with van der Waals surface area (Å²) in [6, 6.07) is 14.4. The molecule has 6 heteroatoms. The number of urea groups is 1. The van der Waals surface area contributed by atoms with Crippen LogP contribution in [0.25, 0.3) is 0 Å². The Labute approximate surface area is 177 Å². The molecule has 0 aliphatic carbocycles. The Bertz CT molecular complexity index is 928. The molecule has 0 bridgehead atoms. The average molecular weight is 408 g/mol. The molecule has 3 amide bonds. The van der Waals surface area contributed by atoms with Gasteiger partial charge in [0.05, 0.1) is 13.1 Å². The van der Waals surface area contributed by atoms with Gasteiger partial charge in [0.1, 0.15) is 12.4 Å². The molecule has 0 radical (unpaired) electrons. The van der Waals surface area contributed by atoms with Crippen molar-refractivity contribution in [3.8, 4) is 5.75 Å². The lowest BCUT2D eigenvalue weighted by Gasteiger charge is -2.29. The molecular formula is C24H29N3O3. The van der Waals surface area contributed by atoms with E-state index in [0.717, 1.165) is 29.8 Å². The van der Waals surface area contributed by atoms with Gasteiger partial charge in [-0.05, 0) is 42.5 Å². The van der Waals surface area contributed by atoms with Crippen LogP contribution < -0.4 is 10.1 Å². The van der Waals surface area contributed by atoms with Crippen molar-refractivity contribution < 1.29 is 14.3 Å². The molecule has 2 heterocycles. The Morgan fingerprint density at radius 2 is 1.80 bits per heavy atom. The molecule has 0 saturated heterocycles. The average Bonchev–Trinajstić information content (AvgIpc) is 2.99. The van der Waals surface area contributed by atoms with Crippen LogP contribution in [0.3, 0.4) is 0 Å². The van der Waals surface area contributed by atoms with Gasteiger partial charge >= 0.3 is 6.03 Å². The van der Waals surface area contributed by atoms with Crippen molar-refractivity contribution >= 4 is 11.9 Å². The van der Waals surface area contributed by atoms with Crippen LogP contribution in [-0.2, 0) is 30.7 Å². The van der Waals surface area contributed by atoms with E-state index in [2.05, 4.69) is 29.6 Å². The summed E-state index contributed by atoms with van der Waals surface area (Å²) in [6.45, 7) is 5.57. The van der Waals surface area contributed by atoms with Crippen molar-refractivity contribution in [2.24, 2.45) is 0 Å². The highest BCUT2D eigenvalue weighted by molar-refractivity contribution is 5.77. The van der Waals surface area contributed by atoms with Gasteiger partial charge in [-0.15, -0.1) is 0 Å². The maximum atomic E-state index is 12.8. The molecule has 2 aliphatic heterocycles. The third-order valence-corrected chi connectivity index (χ3v) is 5.83. The molecule has 30 heavy (non-hydrogen) atoms. The van der Waals surface area contributed by atoms with E-state index in [9.17, 15) is 9.59 Å². The summed E-state index contributed by atoms with van der Waals surface area (Å²) in [5.74, 6) is 1.02. The van der Waals surface area contributed by atoms with Crippen LogP contribution in [-0.4, -0.2) is 48.0 Å². The van der Waals surface area contributed by atoms with E-state index in [1.165, 1.54) is 11.1 Å². The predicted octanol–water partition coefficient (Wildman–Crippen LogP) is 3.13. The first-order chi connectivity index (χ1) is 14.6. The largest absolute Gasteiger partial charge is 0.491 e. The van der Waals surface area contributed by atoms with Crippen molar-refractivity contribution in [1.29, 1.82) is 0 Å². The number of aryl methyl sites for hydroxylation is 1. The first-order valence-corrected chi connectivity index (χ1v) is 10.8. The van der Waals surface area contributed by atoms with Gasteiger partial charge in [-0.1, -0.05) is 36.4 Å². The van der Waals surface area contributed by atoms with Crippen LogP contribution in [0.2, 0.25) is 0 Å². The fourth-order valence-corrected chi connectivity index (χ4v) is 4.16. The van der Waals surface area contributed by atoms with Gasteiger partial charge in [0, 0.05) is 31.6 Å². The lowest BCUT2D eigenvalue weighted by molar-refractivity contribution is -0.132. The minimum absolute atomic E-state index is 0.0695. The summed E-state index contributed by atoms with van der Waals surface area (Å²) < 4.78 is 5.82. The molecule has 0 aromatic heterocycles. The quantitative estimate of drug-likeness (QED) is 0.847. The topological polar surface area (TPSA) is 61.9 Å². The maximum absolute atomic E-state index is 12.8. The van der Waals surface area contributed by atoms with Crippen molar-refractivity contribution in [2.45, 2.75) is 39.3 Å². The van der Waals surface area contributed by atoms with Crippen LogP contribution in [0.5, 0.6) is 5.75 Å². The van der Waals surface area contributed by atoms with Crippen LogP contribution in [0.15, 0.2) is 42.5 Å². The minimum atomic E-state index is -0.0695. The Kier molecular flexibility index (Phi) is 6.21. The van der Waals surface area contributed by atoms with E-state index in [4.69, 9.17) is 4.74 Å². The van der Waals surface area contributed by atoms with E-state index in [1.54, 1.807) is 4.90 Å². The Morgan fingerprint density at radius 3 is 2.63 bits per heavy atom. The van der Waals surface area contributed by atoms with Gasteiger partial charge in [-0.25, -0.2) is 4.79 Å². The number of nitrogens with one attached hydrogen (secondary N) is 1. The van der Waals surface area contributed by atoms with Gasteiger partial charge in [-0.2, -0.15) is 0 Å². The summed E-state index contributed by atoms with van der Waals surface area (Å²) in [5.41, 5.74) is 4.70. The number of hydrogen-bond donors (Lipinski definition) is 1. The number of carbonyl (C=O) groups excluding carboxylic acids is 2. The molecule has 158 valence electrons. The van der Waals surface area contributed by atoms with Crippen molar-refractivity contribution in [2.75, 3.05) is 26.2 Å². The fourth-order valence-electron chi connectivity index (χ4n) is 4.16. The van der Waals surface area contributed by atoms with E-state index >= 15 is 0 Å². The molecule has 0 spiro atoms. The molecule has 2 aromatic rings. The van der Waals surface area contributed by atoms with Crippen molar-refractivity contribution in [1.82, 2.24) is 15.1 Å². The zero-order valence-electron chi connectivity index (χ0n) is 17.5. The highest BCUT2D eigenvalue weighted by Gasteiger charge is 2.22. The molecular weight excluding hydrogens is 378 g/mol. The van der Waals surface area contributed by atoms with E-state index < -0.39 is 0 Å². The van der Waals surface area contributed by atoms with Gasteiger partial charge in [0.25, 0.3) is 0 Å². The molecule has 1 N–H and O–H groups in total. The number of nitrogens with zero attached hydrogens (tertiary/aromatic N) is 2. The monoisotopic (exact) mass is 407 g/mol. The van der Waals surface area contributed by atoms with Crippen LogP contribution in [0.4, 0.5) is 4.79 Å². The summed E-state index contributed by atoms with van der Waals surface area (Å²) >= 11 is 0. The van der Waals surface area contributed by atoms with Gasteiger partial charge < -0.3 is 19.9 Å². The predicted molar refractivity (Wildman–Crippen MR) is 115 cm³/mol. The second-order valence-corrected chi connectivity index (χ2v) is 7.88. The number of rotatable bonds is 4. The SMILES string of the molecule is CCNC(=O)N1CCOc2ccc(CCC(=O)N3CCc4ccccc4C3)cc2C1. The second-order valence-electron chi connectivity index (χ2n) is 7.88. The molecule has 0 unspecified atom stereocenters. The first-order valence-electron chi connectivity index (χ1n) is 10.8. The maximum Gasteiger partial charge on any atom is 0.317 e. The molecule has 0 saturated carbocycles. The van der Waals surface area contributed by atoms with Crippen LogP contribution >= 0.6 is 0 Å². The molecule has 6 nitrogen and oxygen atoms in total. The van der Waals surface area contributed by atoms with E-state index in [1.807, 2.05) is 30.0 Å². The molecule has 2 aromatic carbocycles. The summed E-state index contributed by atoms with van der Waals surface area (Å²) in [7, 11) is 0. The Balaban J connectivity index is 1.38. The molecule has 0 atom stereocenters. The highest BCUT2D eigenvalue weighted by Crippen LogP contribution is 2.25. The van der Waals surface area contributed by atoms with E-state index in [0.29, 0.717) is 45.6 Å². The zero-order valence-corrected chi connectivity index (χ0v) is 17.5. The third-order valence-electron chi connectivity index (χ3n) is 5.83. The van der Waals surface area contributed by atoms with Gasteiger partial charge in [0.2, 0.25) is 5.91 Å². The summed E-state index contributed by atoms with van der Waals surface area (Å²) in [5, 5.41) is 2.85. The lowest BCUT2D eigenvalue weighted by Crippen LogP contribution is -2.40. The number of ether oxygens (including phenoxy) is 1. The minimum Gasteiger partial charge on any atom is -0.491 e. The second kappa shape index (κ2) is 9.20. The highest BCUT2D eigenvalue weighted by atomic mass is 16.5.